The third-order valence-electron chi connectivity index (χ3n) is 4.63. The molecule has 0 spiro atoms. The van der Waals surface area contributed by atoms with Crippen LogP contribution in [0.3, 0.4) is 0 Å². The predicted octanol–water partition coefficient (Wildman–Crippen LogP) is 3.40. The summed E-state index contributed by atoms with van der Waals surface area (Å²) in [5.74, 6) is 0.989. The summed E-state index contributed by atoms with van der Waals surface area (Å²) in [6.07, 6.45) is 1.84. The maximum absolute atomic E-state index is 12.2. The van der Waals surface area contributed by atoms with Crippen LogP contribution in [-0.4, -0.2) is 35.0 Å². The van der Waals surface area contributed by atoms with Crippen molar-refractivity contribution in [1.82, 2.24) is 15.3 Å². The number of hydrogen-bond donors (Lipinski definition) is 1. The second kappa shape index (κ2) is 6.80. The molecule has 1 aromatic carbocycles. The zero-order valence-electron chi connectivity index (χ0n) is 14.1. The average Bonchev–Trinajstić information content (AvgIpc) is 3.17. The van der Waals surface area contributed by atoms with E-state index in [-0.39, 0.29) is 11.9 Å². The number of thiophene rings is 1. The number of para-hydroxylation sites is 2. The van der Waals surface area contributed by atoms with Gasteiger partial charge >= 0.3 is 0 Å². The van der Waals surface area contributed by atoms with E-state index in [1.165, 1.54) is 0 Å². The molecule has 1 saturated heterocycles. The van der Waals surface area contributed by atoms with Crippen molar-refractivity contribution < 1.29 is 4.79 Å². The molecule has 0 atom stereocenters. The molecule has 3 aromatic rings. The molecule has 0 aliphatic carbocycles. The zero-order chi connectivity index (χ0) is 17.2. The van der Waals surface area contributed by atoms with Crippen LogP contribution in [0.25, 0.3) is 11.0 Å². The molecule has 128 valence electrons. The summed E-state index contributed by atoms with van der Waals surface area (Å²) < 4.78 is 0. The summed E-state index contributed by atoms with van der Waals surface area (Å²) in [5.41, 5.74) is 3.57. The SMILES string of the molecule is Cc1nc2ccccc2nc1N1CCC(NC(=O)c2ccsc2)CC1. The first-order valence-electron chi connectivity index (χ1n) is 8.52. The molecule has 1 amide bonds. The van der Waals surface area contributed by atoms with E-state index in [0.29, 0.717) is 0 Å². The minimum Gasteiger partial charge on any atom is -0.355 e. The van der Waals surface area contributed by atoms with Gasteiger partial charge in [-0.3, -0.25) is 4.79 Å². The number of hydrogen-bond acceptors (Lipinski definition) is 5. The first-order chi connectivity index (χ1) is 12.2. The fourth-order valence-electron chi connectivity index (χ4n) is 3.28. The van der Waals surface area contributed by atoms with Crippen molar-refractivity contribution in [3.8, 4) is 0 Å². The van der Waals surface area contributed by atoms with Crippen molar-refractivity contribution in [3.05, 3.63) is 52.3 Å². The number of nitrogens with one attached hydrogen (secondary N) is 1. The van der Waals surface area contributed by atoms with Gasteiger partial charge in [-0.1, -0.05) is 12.1 Å². The van der Waals surface area contributed by atoms with Gasteiger partial charge in [-0.05, 0) is 43.3 Å². The van der Waals surface area contributed by atoms with Crippen LogP contribution >= 0.6 is 11.3 Å². The molecule has 1 aliphatic heterocycles. The van der Waals surface area contributed by atoms with Gasteiger partial charge in [-0.2, -0.15) is 11.3 Å². The lowest BCUT2D eigenvalue weighted by Crippen LogP contribution is -2.45. The number of benzene rings is 1. The quantitative estimate of drug-likeness (QED) is 0.785. The molecule has 25 heavy (non-hydrogen) atoms. The molecule has 3 heterocycles. The van der Waals surface area contributed by atoms with E-state index in [2.05, 4.69) is 15.2 Å². The summed E-state index contributed by atoms with van der Waals surface area (Å²) in [5, 5.41) is 6.96. The van der Waals surface area contributed by atoms with E-state index in [9.17, 15) is 4.79 Å². The molecular weight excluding hydrogens is 332 g/mol. The Morgan fingerprint density at radius 2 is 1.88 bits per heavy atom. The Balaban J connectivity index is 1.43. The second-order valence-corrected chi connectivity index (χ2v) is 7.15. The number of carbonyl (C=O) groups is 1. The molecule has 1 fully saturated rings. The Bertz CT molecular complexity index is 886. The lowest BCUT2D eigenvalue weighted by atomic mass is 10.0. The summed E-state index contributed by atoms with van der Waals surface area (Å²) in [7, 11) is 0. The first-order valence-corrected chi connectivity index (χ1v) is 9.46. The molecule has 5 nitrogen and oxygen atoms in total. The van der Waals surface area contributed by atoms with Gasteiger partial charge in [0.05, 0.1) is 16.7 Å². The number of rotatable bonds is 3. The summed E-state index contributed by atoms with van der Waals surface area (Å²) in [4.78, 5) is 23.9. The van der Waals surface area contributed by atoms with Crippen LogP contribution in [-0.2, 0) is 0 Å². The second-order valence-electron chi connectivity index (χ2n) is 6.37. The highest BCUT2D eigenvalue weighted by molar-refractivity contribution is 7.08. The maximum Gasteiger partial charge on any atom is 0.252 e. The highest BCUT2D eigenvalue weighted by atomic mass is 32.1. The lowest BCUT2D eigenvalue weighted by molar-refractivity contribution is 0.0931. The van der Waals surface area contributed by atoms with Crippen LogP contribution in [0.5, 0.6) is 0 Å². The smallest absolute Gasteiger partial charge is 0.252 e. The van der Waals surface area contributed by atoms with Crippen LogP contribution in [0, 0.1) is 6.92 Å². The number of carbonyl (C=O) groups excluding carboxylic acids is 1. The Labute approximate surface area is 150 Å². The van der Waals surface area contributed by atoms with Gasteiger partial charge in [0, 0.05) is 30.1 Å². The highest BCUT2D eigenvalue weighted by Gasteiger charge is 2.23. The lowest BCUT2D eigenvalue weighted by Gasteiger charge is -2.33. The topological polar surface area (TPSA) is 58.1 Å². The van der Waals surface area contributed by atoms with Crippen molar-refractivity contribution in [2.24, 2.45) is 0 Å². The Kier molecular flexibility index (Phi) is 4.36. The Morgan fingerprint density at radius 1 is 1.16 bits per heavy atom. The minimum atomic E-state index is 0.0291. The third kappa shape index (κ3) is 3.35. The number of anilines is 1. The third-order valence-corrected chi connectivity index (χ3v) is 5.32. The average molecular weight is 352 g/mol. The molecule has 1 N–H and O–H groups in total. The van der Waals surface area contributed by atoms with Crippen molar-refractivity contribution in [3.63, 3.8) is 0 Å². The van der Waals surface area contributed by atoms with Crippen LogP contribution in [0.1, 0.15) is 28.9 Å². The van der Waals surface area contributed by atoms with Gasteiger partial charge in [-0.25, -0.2) is 9.97 Å². The first kappa shape index (κ1) is 16.0. The summed E-state index contributed by atoms with van der Waals surface area (Å²) in [6.45, 7) is 3.77. The number of piperidine rings is 1. The molecular formula is C19H20N4OS. The number of amides is 1. The molecule has 0 saturated carbocycles. The van der Waals surface area contributed by atoms with E-state index in [1.54, 1.807) is 11.3 Å². The van der Waals surface area contributed by atoms with Crippen molar-refractivity contribution >= 4 is 34.1 Å². The molecule has 1 aliphatic rings. The summed E-state index contributed by atoms with van der Waals surface area (Å²) in [6, 6.07) is 10.0. The van der Waals surface area contributed by atoms with Crippen molar-refractivity contribution in [1.29, 1.82) is 0 Å². The van der Waals surface area contributed by atoms with Gasteiger partial charge < -0.3 is 10.2 Å². The van der Waals surface area contributed by atoms with Gasteiger partial charge in [0.25, 0.3) is 5.91 Å². The predicted molar refractivity (Wildman–Crippen MR) is 101 cm³/mol. The maximum atomic E-state index is 12.2. The van der Waals surface area contributed by atoms with Gasteiger partial charge in [0.1, 0.15) is 0 Å². The fourth-order valence-corrected chi connectivity index (χ4v) is 3.91. The van der Waals surface area contributed by atoms with E-state index in [0.717, 1.165) is 54.0 Å². The molecule has 6 heteroatoms. The van der Waals surface area contributed by atoms with Crippen LogP contribution in [0.2, 0.25) is 0 Å². The molecule has 4 rings (SSSR count). The number of aryl methyl sites for hydroxylation is 1. The largest absolute Gasteiger partial charge is 0.355 e. The normalized spacial score (nSPS) is 15.5. The summed E-state index contributed by atoms with van der Waals surface area (Å²) >= 11 is 1.55. The Hall–Kier alpha value is -2.47. The fraction of sp³-hybridized carbons (Fsp3) is 0.316. The van der Waals surface area contributed by atoms with Crippen LogP contribution in [0.15, 0.2) is 41.1 Å². The van der Waals surface area contributed by atoms with E-state index < -0.39 is 0 Å². The number of fused-ring (bicyclic) bond motifs is 1. The Morgan fingerprint density at radius 3 is 2.56 bits per heavy atom. The van der Waals surface area contributed by atoms with Gasteiger partial charge in [0.2, 0.25) is 0 Å². The van der Waals surface area contributed by atoms with Gasteiger partial charge in [-0.15, -0.1) is 0 Å². The standard InChI is InChI=1S/C19H20N4OS/c1-13-18(22-17-5-3-2-4-16(17)20-13)23-9-6-15(7-10-23)21-19(24)14-8-11-25-12-14/h2-5,8,11-12,15H,6-7,9-10H2,1H3,(H,21,24). The minimum absolute atomic E-state index is 0.0291. The van der Waals surface area contributed by atoms with Crippen molar-refractivity contribution in [2.75, 3.05) is 18.0 Å². The van der Waals surface area contributed by atoms with E-state index in [1.807, 2.05) is 48.0 Å². The van der Waals surface area contributed by atoms with E-state index >= 15 is 0 Å². The van der Waals surface area contributed by atoms with Gasteiger partial charge in [0.15, 0.2) is 5.82 Å². The van der Waals surface area contributed by atoms with Crippen molar-refractivity contribution in [2.45, 2.75) is 25.8 Å². The van der Waals surface area contributed by atoms with E-state index in [4.69, 9.17) is 4.98 Å². The zero-order valence-corrected chi connectivity index (χ0v) is 14.9. The number of aromatic nitrogens is 2. The monoisotopic (exact) mass is 352 g/mol. The van der Waals surface area contributed by atoms with Crippen LogP contribution in [0.4, 0.5) is 5.82 Å². The van der Waals surface area contributed by atoms with Crippen LogP contribution < -0.4 is 10.2 Å². The molecule has 0 unspecified atom stereocenters. The molecule has 2 aromatic heterocycles. The highest BCUT2D eigenvalue weighted by Crippen LogP contribution is 2.23. The molecule has 0 radical (unpaired) electrons. The number of nitrogens with zero attached hydrogens (tertiary/aromatic N) is 3. The molecule has 0 bridgehead atoms.